The lowest BCUT2D eigenvalue weighted by Crippen LogP contribution is -2.38. The van der Waals surface area contributed by atoms with Gasteiger partial charge in [0, 0.05) is 5.38 Å². The Labute approximate surface area is 211 Å². The van der Waals surface area contributed by atoms with Crippen LogP contribution in [0.15, 0.2) is 102 Å². The van der Waals surface area contributed by atoms with Crippen molar-refractivity contribution in [2.24, 2.45) is 5.16 Å². The number of nitrogens with one attached hydrogen (secondary N) is 1. The number of thiazole rings is 1. The van der Waals surface area contributed by atoms with Gasteiger partial charge in [0.25, 0.3) is 0 Å². The molecule has 3 aromatic carbocycles. The van der Waals surface area contributed by atoms with E-state index in [9.17, 15) is 13.6 Å². The van der Waals surface area contributed by atoms with E-state index in [2.05, 4.69) is 20.3 Å². The Morgan fingerprint density at radius 1 is 0.944 bits per heavy atom. The van der Waals surface area contributed by atoms with Crippen LogP contribution in [0.5, 0.6) is 0 Å². The van der Waals surface area contributed by atoms with Gasteiger partial charge >= 0.3 is 12.6 Å². The molecule has 184 valence electrons. The summed E-state index contributed by atoms with van der Waals surface area (Å²) >= 11 is 1.20. The highest BCUT2D eigenvalue weighted by atomic mass is 32.1. The van der Waals surface area contributed by atoms with Crippen LogP contribution >= 0.6 is 11.3 Å². The van der Waals surface area contributed by atoms with Crippen LogP contribution in [0.25, 0.3) is 0 Å². The van der Waals surface area contributed by atoms with Crippen molar-refractivity contribution in [1.82, 2.24) is 4.98 Å². The SMILES string of the molecule is CCOC(=O)/C(=N\OC(F)F)c1csc(NC(c2ccccc2)(c2ccccc2)c2ccccc2)n1. The minimum atomic E-state index is -3.19. The average molecular weight is 508 g/mol. The summed E-state index contributed by atoms with van der Waals surface area (Å²) in [7, 11) is 0. The molecule has 1 N–H and O–H groups in total. The van der Waals surface area contributed by atoms with E-state index >= 15 is 0 Å². The van der Waals surface area contributed by atoms with Crippen LogP contribution in [0.1, 0.15) is 29.3 Å². The van der Waals surface area contributed by atoms with Gasteiger partial charge in [-0.2, -0.15) is 8.78 Å². The number of alkyl halides is 2. The van der Waals surface area contributed by atoms with Gasteiger partial charge in [0.2, 0.25) is 5.71 Å². The maximum absolute atomic E-state index is 12.6. The first-order valence-electron chi connectivity index (χ1n) is 11.1. The zero-order valence-corrected chi connectivity index (χ0v) is 20.1. The smallest absolute Gasteiger partial charge is 0.407 e. The van der Waals surface area contributed by atoms with Crippen molar-refractivity contribution in [3.63, 3.8) is 0 Å². The number of nitrogens with zero attached hydrogens (tertiary/aromatic N) is 2. The fraction of sp³-hybridized carbons (Fsp3) is 0.148. The van der Waals surface area contributed by atoms with Gasteiger partial charge in [-0.3, -0.25) is 0 Å². The van der Waals surface area contributed by atoms with Gasteiger partial charge in [-0.1, -0.05) is 96.2 Å². The number of benzene rings is 3. The topological polar surface area (TPSA) is 72.8 Å². The molecule has 0 bridgehead atoms. The maximum atomic E-state index is 12.6. The van der Waals surface area contributed by atoms with Crippen molar-refractivity contribution >= 4 is 28.1 Å². The van der Waals surface area contributed by atoms with E-state index < -0.39 is 23.8 Å². The zero-order valence-electron chi connectivity index (χ0n) is 19.3. The summed E-state index contributed by atoms with van der Waals surface area (Å²) in [6.45, 7) is -1.54. The third-order valence-corrected chi connectivity index (χ3v) is 6.11. The number of aromatic nitrogens is 1. The molecular weight excluding hydrogens is 484 g/mol. The third kappa shape index (κ3) is 5.41. The standard InChI is InChI=1S/C27H23F2N3O3S/c1-2-34-24(33)23(32-35-25(28)29)22-18-36-26(30-22)31-27(19-12-6-3-7-13-19,20-14-8-4-9-15-20)21-16-10-5-11-17-21/h3-18,25H,2H2,1H3,(H,30,31)/b32-23-. The van der Waals surface area contributed by atoms with Crippen LogP contribution in [0.2, 0.25) is 0 Å². The van der Waals surface area contributed by atoms with Crippen molar-refractivity contribution in [3.05, 3.63) is 119 Å². The largest absolute Gasteiger partial charge is 0.461 e. The van der Waals surface area contributed by atoms with Crippen LogP contribution in [-0.2, 0) is 19.9 Å². The van der Waals surface area contributed by atoms with E-state index in [1.54, 1.807) is 12.3 Å². The molecular formula is C27H23F2N3O3S. The first-order chi connectivity index (χ1) is 17.5. The van der Waals surface area contributed by atoms with Gasteiger partial charge in [-0.15, -0.1) is 11.3 Å². The number of carbonyl (C=O) groups is 1. The van der Waals surface area contributed by atoms with E-state index in [-0.39, 0.29) is 12.3 Å². The molecule has 0 aliphatic rings. The summed E-state index contributed by atoms with van der Waals surface area (Å²) in [5, 5.41) is 8.85. The number of rotatable bonds is 10. The number of ether oxygens (including phenoxy) is 1. The molecule has 0 fully saturated rings. The van der Waals surface area contributed by atoms with Crippen LogP contribution in [0.4, 0.5) is 13.9 Å². The lowest BCUT2D eigenvalue weighted by molar-refractivity contribution is -0.138. The van der Waals surface area contributed by atoms with Crippen molar-refractivity contribution in [2.75, 3.05) is 11.9 Å². The molecule has 0 radical (unpaired) electrons. The minimum Gasteiger partial charge on any atom is -0.461 e. The van der Waals surface area contributed by atoms with E-state index in [0.717, 1.165) is 16.7 Å². The quantitative estimate of drug-likeness (QED) is 0.122. The Morgan fingerprint density at radius 3 is 1.89 bits per heavy atom. The van der Waals surface area contributed by atoms with E-state index in [4.69, 9.17) is 4.74 Å². The van der Waals surface area contributed by atoms with Crippen molar-refractivity contribution < 1.29 is 23.1 Å². The summed E-state index contributed by atoms with van der Waals surface area (Å²) in [5.74, 6) is -0.907. The van der Waals surface area contributed by atoms with Gasteiger partial charge < -0.3 is 14.9 Å². The molecule has 1 aromatic heterocycles. The molecule has 0 spiro atoms. The molecule has 36 heavy (non-hydrogen) atoms. The second kappa shape index (κ2) is 11.5. The highest BCUT2D eigenvalue weighted by Crippen LogP contribution is 2.40. The first kappa shape index (κ1) is 25.0. The number of oxime groups is 1. The Hall–Kier alpha value is -4.11. The molecule has 0 unspecified atom stereocenters. The Bertz CT molecular complexity index is 1200. The predicted molar refractivity (Wildman–Crippen MR) is 135 cm³/mol. The second-order valence-corrected chi connectivity index (χ2v) is 8.40. The molecule has 0 saturated heterocycles. The summed E-state index contributed by atoms with van der Waals surface area (Å²) in [4.78, 5) is 20.9. The fourth-order valence-corrected chi connectivity index (χ4v) is 4.61. The van der Waals surface area contributed by atoms with E-state index in [0.29, 0.717) is 5.13 Å². The van der Waals surface area contributed by atoms with Crippen molar-refractivity contribution in [2.45, 2.75) is 19.1 Å². The number of hydrogen-bond donors (Lipinski definition) is 1. The summed E-state index contributed by atoms with van der Waals surface area (Å²) in [6.07, 6.45) is 0. The van der Waals surface area contributed by atoms with Crippen LogP contribution < -0.4 is 5.32 Å². The third-order valence-electron chi connectivity index (χ3n) is 5.35. The second-order valence-electron chi connectivity index (χ2n) is 7.54. The Balaban J connectivity index is 1.83. The number of carbonyl (C=O) groups excluding carboxylic acids is 1. The van der Waals surface area contributed by atoms with Gasteiger partial charge in [0.15, 0.2) is 5.13 Å². The number of esters is 1. The van der Waals surface area contributed by atoms with Gasteiger partial charge in [-0.05, 0) is 23.6 Å². The van der Waals surface area contributed by atoms with E-state index in [1.165, 1.54) is 11.3 Å². The van der Waals surface area contributed by atoms with Crippen molar-refractivity contribution in [1.29, 1.82) is 0 Å². The molecule has 9 heteroatoms. The minimum absolute atomic E-state index is 0.0426. The first-order valence-corrected chi connectivity index (χ1v) is 12.0. The predicted octanol–water partition coefficient (Wildman–Crippen LogP) is 6.05. The average Bonchev–Trinajstić information content (AvgIpc) is 3.37. The summed E-state index contributed by atoms with van der Waals surface area (Å²) in [5.41, 5.74) is 1.65. The van der Waals surface area contributed by atoms with Gasteiger partial charge in [0.1, 0.15) is 11.2 Å². The van der Waals surface area contributed by atoms with Crippen molar-refractivity contribution in [3.8, 4) is 0 Å². The zero-order chi connectivity index (χ0) is 25.4. The Morgan fingerprint density at radius 2 is 1.44 bits per heavy atom. The molecule has 6 nitrogen and oxygen atoms in total. The number of hydrogen-bond acceptors (Lipinski definition) is 7. The molecule has 4 aromatic rings. The molecule has 0 amide bonds. The summed E-state index contributed by atoms with van der Waals surface area (Å²) < 4.78 is 30.2. The number of halogens is 2. The molecule has 0 atom stereocenters. The van der Waals surface area contributed by atoms with Crippen LogP contribution in [0, 0.1) is 0 Å². The van der Waals surface area contributed by atoms with E-state index in [1.807, 2.05) is 91.0 Å². The Kier molecular flexibility index (Phi) is 8.02. The molecule has 0 aliphatic carbocycles. The normalized spacial score (nSPS) is 11.8. The molecule has 4 rings (SSSR count). The summed E-state index contributed by atoms with van der Waals surface area (Å²) in [6, 6.07) is 29.7. The lowest BCUT2D eigenvalue weighted by Gasteiger charge is -2.36. The highest BCUT2D eigenvalue weighted by Gasteiger charge is 2.37. The number of anilines is 1. The van der Waals surface area contributed by atoms with Crippen LogP contribution in [-0.4, -0.2) is 29.9 Å². The molecule has 0 saturated carbocycles. The fourth-order valence-electron chi connectivity index (χ4n) is 3.86. The molecule has 0 aliphatic heterocycles. The monoisotopic (exact) mass is 507 g/mol. The highest BCUT2D eigenvalue weighted by molar-refractivity contribution is 7.14. The van der Waals surface area contributed by atoms with Gasteiger partial charge in [0.05, 0.1) is 6.61 Å². The molecule has 1 heterocycles. The lowest BCUT2D eigenvalue weighted by atomic mass is 9.77. The maximum Gasteiger partial charge on any atom is 0.407 e. The van der Waals surface area contributed by atoms with Crippen LogP contribution in [0.3, 0.4) is 0 Å². The van der Waals surface area contributed by atoms with Gasteiger partial charge in [-0.25, -0.2) is 9.78 Å².